The van der Waals surface area contributed by atoms with Gasteiger partial charge in [-0.15, -0.1) is 0 Å². The summed E-state index contributed by atoms with van der Waals surface area (Å²) >= 11 is 5.70. The zero-order valence-corrected chi connectivity index (χ0v) is 8.85. The molecule has 0 N–H and O–H groups in total. The summed E-state index contributed by atoms with van der Waals surface area (Å²) < 4.78 is 13.8. The minimum atomic E-state index is -0.394. The Balaban J connectivity index is 2.38. The Morgan fingerprint density at radius 3 is 2.40 bits per heavy atom. The van der Waals surface area contributed by atoms with Crippen LogP contribution in [0.1, 0.15) is 24.8 Å². The van der Waals surface area contributed by atoms with Gasteiger partial charge in [0, 0.05) is 22.6 Å². The number of Topliss-reactive ketones (excluding diaryl/α,β-unsaturated/α-hetero) is 1. The second kappa shape index (κ2) is 4.15. The van der Waals surface area contributed by atoms with E-state index in [9.17, 15) is 9.18 Å². The summed E-state index contributed by atoms with van der Waals surface area (Å²) in [6.07, 6.45) is 1.78. The monoisotopic (exact) mass is 224 g/mol. The van der Waals surface area contributed by atoms with Crippen LogP contribution < -0.4 is 0 Å². The summed E-state index contributed by atoms with van der Waals surface area (Å²) in [7, 11) is 0. The second-order valence-electron chi connectivity index (χ2n) is 3.58. The van der Waals surface area contributed by atoms with Crippen molar-refractivity contribution in [2.45, 2.75) is 19.3 Å². The van der Waals surface area contributed by atoms with Crippen LogP contribution in [0.5, 0.6) is 0 Å². The predicted molar refractivity (Wildman–Crippen MR) is 58.3 cm³/mol. The molecule has 1 aromatic carbocycles. The fourth-order valence-corrected chi connectivity index (χ4v) is 1.84. The van der Waals surface area contributed by atoms with Gasteiger partial charge in [-0.1, -0.05) is 23.7 Å². The smallest absolute Gasteiger partial charge is 0.161 e. The molecule has 0 heterocycles. The molecule has 3 heteroatoms. The summed E-state index contributed by atoms with van der Waals surface area (Å²) in [4.78, 5) is 11.3. The van der Waals surface area contributed by atoms with Crippen LogP contribution in [-0.4, -0.2) is 5.78 Å². The van der Waals surface area contributed by atoms with E-state index in [-0.39, 0.29) is 5.78 Å². The van der Waals surface area contributed by atoms with Crippen molar-refractivity contribution in [3.05, 3.63) is 40.4 Å². The minimum Gasteiger partial charge on any atom is -0.294 e. The van der Waals surface area contributed by atoms with Crippen LogP contribution >= 0.6 is 11.6 Å². The summed E-state index contributed by atoms with van der Waals surface area (Å²) in [5.74, 6) is -0.461. The van der Waals surface area contributed by atoms with Gasteiger partial charge < -0.3 is 0 Å². The number of ketones is 1. The lowest BCUT2D eigenvalue weighted by Gasteiger charge is -2.01. The lowest BCUT2D eigenvalue weighted by Crippen LogP contribution is -1.94. The Morgan fingerprint density at radius 2 is 1.87 bits per heavy atom. The average Bonchev–Trinajstić information content (AvgIpc) is 2.65. The van der Waals surface area contributed by atoms with Crippen molar-refractivity contribution in [2.24, 2.45) is 0 Å². The molecule has 1 saturated carbocycles. The molecule has 1 aliphatic carbocycles. The van der Waals surface area contributed by atoms with Gasteiger partial charge in [0.05, 0.1) is 0 Å². The molecule has 0 atom stereocenters. The minimum absolute atomic E-state index is 0.0672. The summed E-state index contributed by atoms with van der Waals surface area (Å²) in [6.45, 7) is 0. The van der Waals surface area contributed by atoms with Gasteiger partial charge in [0.25, 0.3) is 0 Å². The first-order valence-corrected chi connectivity index (χ1v) is 5.24. The van der Waals surface area contributed by atoms with Gasteiger partial charge in [-0.25, -0.2) is 4.39 Å². The molecular weight excluding hydrogens is 215 g/mol. The standard InChI is InChI=1S/C12H10ClFO/c13-9-6-4-8(5-7-9)12(14)10-2-1-3-11(10)15/h4-7H,1-3H2/b12-10+. The third-order valence-electron chi connectivity index (χ3n) is 2.53. The predicted octanol–water partition coefficient (Wildman–Crippen LogP) is 3.77. The van der Waals surface area contributed by atoms with E-state index >= 15 is 0 Å². The van der Waals surface area contributed by atoms with Gasteiger partial charge in [0.15, 0.2) is 5.78 Å². The van der Waals surface area contributed by atoms with Gasteiger partial charge in [0.2, 0.25) is 0 Å². The Kier molecular flexibility index (Phi) is 2.87. The fraction of sp³-hybridized carbons (Fsp3) is 0.250. The van der Waals surface area contributed by atoms with Gasteiger partial charge >= 0.3 is 0 Å². The quantitative estimate of drug-likeness (QED) is 0.664. The molecule has 0 spiro atoms. The zero-order chi connectivity index (χ0) is 10.8. The topological polar surface area (TPSA) is 17.1 Å². The molecule has 15 heavy (non-hydrogen) atoms. The molecule has 0 aliphatic heterocycles. The maximum Gasteiger partial charge on any atom is 0.161 e. The number of rotatable bonds is 1. The van der Waals surface area contributed by atoms with Crippen LogP contribution in [0.3, 0.4) is 0 Å². The van der Waals surface area contributed by atoms with Crippen LogP contribution in [0.2, 0.25) is 5.02 Å². The van der Waals surface area contributed by atoms with Crippen molar-refractivity contribution < 1.29 is 9.18 Å². The Hall–Kier alpha value is -1.15. The first-order valence-electron chi connectivity index (χ1n) is 4.86. The lowest BCUT2D eigenvalue weighted by molar-refractivity contribution is -0.114. The van der Waals surface area contributed by atoms with Crippen molar-refractivity contribution in [1.82, 2.24) is 0 Å². The highest BCUT2D eigenvalue weighted by atomic mass is 35.5. The van der Waals surface area contributed by atoms with Crippen LogP contribution in [0.15, 0.2) is 29.8 Å². The third-order valence-corrected chi connectivity index (χ3v) is 2.78. The number of benzene rings is 1. The molecule has 0 saturated heterocycles. The molecule has 0 amide bonds. The van der Waals surface area contributed by atoms with E-state index in [1.807, 2.05) is 0 Å². The third kappa shape index (κ3) is 2.10. The number of carbonyl (C=O) groups is 1. The summed E-state index contributed by atoms with van der Waals surface area (Å²) in [6, 6.07) is 6.43. The van der Waals surface area contributed by atoms with E-state index in [1.54, 1.807) is 24.3 Å². The first-order chi connectivity index (χ1) is 7.18. The molecule has 0 aromatic heterocycles. The average molecular weight is 225 g/mol. The van der Waals surface area contributed by atoms with Crippen LogP contribution in [0, 0.1) is 0 Å². The normalized spacial score (nSPS) is 19.5. The number of hydrogen-bond acceptors (Lipinski definition) is 1. The van der Waals surface area contributed by atoms with Crippen molar-refractivity contribution in [3.63, 3.8) is 0 Å². The van der Waals surface area contributed by atoms with E-state index < -0.39 is 5.83 Å². The molecule has 1 nitrogen and oxygen atoms in total. The molecule has 2 rings (SSSR count). The van der Waals surface area contributed by atoms with E-state index in [2.05, 4.69) is 0 Å². The Bertz CT molecular complexity index is 420. The van der Waals surface area contributed by atoms with Crippen LogP contribution in [0.25, 0.3) is 5.83 Å². The SMILES string of the molecule is O=C1CCC/C1=C(\F)c1ccc(Cl)cc1. The number of halogens is 2. The highest BCUT2D eigenvalue weighted by molar-refractivity contribution is 6.30. The number of carbonyl (C=O) groups excluding carboxylic acids is 1. The summed E-state index contributed by atoms with van der Waals surface area (Å²) in [5.41, 5.74) is 0.766. The highest BCUT2D eigenvalue weighted by Crippen LogP contribution is 2.30. The largest absolute Gasteiger partial charge is 0.294 e. The maximum absolute atomic E-state index is 13.8. The van der Waals surface area contributed by atoms with Gasteiger partial charge in [0.1, 0.15) is 5.83 Å². The number of hydrogen-bond donors (Lipinski definition) is 0. The van der Waals surface area contributed by atoms with Gasteiger partial charge in [-0.3, -0.25) is 4.79 Å². The summed E-state index contributed by atoms with van der Waals surface area (Å²) in [5, 5.41) is 0.564. The fourth-order valence-electron chi connectivity index (χ4n) is 1.72. The molecule has 78 valence electrons. The van der Waals surface area contributed by atoms with E-state index in [0.717, 1.165) is 6.42 Å². The molecule has 0 radical (unpaired) electrons. The van der Waals surface area contributed by atoms with E-state index in [1.165, 1.54) is 0 Å². The van der Waals surface area contributed by atoms with Crippen LogP contribution in [-0.2, 0) is 4.79 Å². The molecule has 0 unspecified atom stereocenters. The molecule has 1 fully saturated rings. The highest BCUT2D eigenvalue weighted by Gasteiger charge is 2.22. The number of allylic oxidation sites excluding steroid dienone is 1. The first kappa shape index (κ1) is 10.4. The molecule has 0 bridgehead atoms. The van der Waals surface area contributed by atoms with Gasteiger partial charge in [-0.2, -0.15) is 0 Å². The zero-order valence-electron chi connectivity index (χ0n) is 8.09. The lowest BCUT2D eigenvalue weighted by atomic mass is 10.1. The second-order valence-corrected chi connectivity index (χ2v) is 4.01. The Labute approximate surface area is 92.6 Å². The van der Waals surface area contributed by atoms with Crippen LogP contribution in [0.4, 0.5) is 4.39 Å². The molecular formula is C12H10ClFO. The molecule has 1 aromatic rings. The molecule has 1 aliphatic rings. The van der Waals surface area contributed by atoms with E-state index in [4.69, 9.17) is 11.6 Å². The van der Waals surface area contributed by atoms with Crippen molar-refractivity contribution in [2.75, 3.05) is 0 Å². The van der Waals surface area contributed by atoms with E-state index in [0.29, 0.717) is 29.0 Å². The maximum atomic E-state index is 13.8. The Morgan fingerprint density at radius 1 is 1.20 bits per heavy atom. The van der Waals surface area contributed by atoms with Gasteiger partial charge in [-0.05, 0) is 25.0 Å². The van der Waals surface area contributed by atoms with Crippen molar-refractivity contribution in [1.29, 1.82) is 0 Å². The van der Waals surface area contributed by atoms with Crippen molar-refractivity contribution in [3.8, 4) is 0 Å². The van der Waals surface area contributed by atoms with Crippen molar-refractivity contribution >= 4 is 23.2 Å².